The Morgan fingerprint density at radius 2 is 1.71 bits per heavy atom. The van der Waals surface area contributed by atoms with Crippen LogP contribution in [0.15, 0.2) is 24.3 Å². The number of ether oxygens (including phenoxy) is 2. The van der Waals surface area contributed by atoms with Crippen LogP contribution in [0.1, 0.15) is 104 Å². The highest BCUT2D eigenvalue weighted by Crippen LogP contribution is 2.57. The van der Waals surface area contributed by atoms with Gasteiger partial charge in [-0.3, -0.25) is 4.98 Å². The van der Waals surface area contributed by atoms with Crippen molar-refractivity contribution in [2.24, 2.45) is 5.41 Å². The van der Waals surface area contributed by atoms with E-state index in [9.17, 15) is 18.3 Å². The predicted molar refractivity (Wildman–Crippen MR) is 121 cm³/mol. The van der Waals surface area contributed by atoms with Gasteiger partial charge in [0.25, 0.3) is 0 Å². The lowest BCUT2D eigenvalue weighted by atomic mass is 9.70. The molecule has 0 amide bonds. The lowest BCUT2D eigenvalue weighted by Gasteiger charge is -2.40. The van der Waals surface area contributed by atoms with Crippen molar-refractivity contribution in [2.45, 2.75) is 83.3 Å². The van der Waals surface area contributed by atoms with E-state index in [-0.39, 0.29) is 11.3 Å². The summed E-state index contributed by atoms with van der Waals surface area (Å²) >= 11 is 0. The Morgan fingerprint density at radius 3 is 2.29 bits per heavy atom. The highest BCUT2D eigenvalue weighted by atomic mass is 19.4. The van der Waals surface area contributed by atoms with Crippen molar-refractivity contribution in [1.29, 1.82) is 0 Å². The Labute approximate surface area is 198 Å². The third-order valence-corrected chi connectivity index (χ3v) is 7.56. The van der Waals surface area contributed by atoms with Crippen LogP contribution in [0.5, 0.6) is 0 Å². The van der Waals surface area contributed by atoms with Crippen molar-refractivity contribution >= 4 is 0 Å². The smallest absolute Gasteiger partial charge is 0.388 e. The molecule has 0 bridgehead atoms. The highest BCUT2D eigenvalue weighted by Gasteiger charge is 2.52. The Hall–Kier alpha value is -1.96. The Kier molecular flexibility index (Phi) is 5.62. The zero-order chi connectivity index (χ0) is 24.5. The van der Waals surface area contributed by atoms with E-state index in [0.29, 0.717) is 38.0 Å². The summed E-state index contributed by atoms with van der Waals surface area (Å²) in [5.74, 6) is 0.0942. The standard InChI is InChI=1S/C27H32F3NO3/c1-15(2)23-21-22(20-18(31-23)13-25(3,4)14-19(20)32)26(9-11-33-12-10-26)34-24(21)16-5-7-17(8-6-16)27(28,29)30/h5-8,15,19,24,32H,9-14H2,1-4H3/t19?,24-/m0/s1. The molecule has 0 saturated carbocycles. The van der Waals surface area contributed by atoms with E-state index in [1.54, 1.807) is 0 Å². The number of rotatable bonds is 2. The lowest BCUT2D eigenvalue weighted by molar-refractivity contribution is -0.137. The van der Waals surface area contributed by atoms with Gasteiger partial charge in [-0.1, -0.05) is 39.8 Å². The topological polar surface area (TPSA) is 51.6 Å². The summed E-state index contributed by atoms with van der Waals surface area (Å²) in [7, 11) is 0. The summed E-state index contributed by atoms with van der Waals surface area (Å²) in [5, 5.41) is 11.3. The number of aliphatic hydroxyl groups is 1. The van der Waals surface area contributed by atoms with Crippen LogP contribution in [-0.4, -0.2) is 23.3 Å². The minimum absolute atomic E-state index is 0.0724. The fraction of sp³-hybridized carbons (Fsp3) is 0.593. The van der Waals surface area contributed by atoms with Gasteiger partial charge in [0.2, 0.25) is 0 Å². The summed E-state index contributed by atoms with van der Waals surface area (Å²) in [6.07, 6.45) is -2.90. The van der Waals surface area contributed by atoms with E-state index >= 15 is 0 Å². The van der Waals surface area contributed by atoms with Crippen molar-refractivity contribution < 1.29 is 27.8 Å². The van der Waals surface area contributed by atoms with Crippen LogP contribution in [0.25, 0.3) is 0 Å². The maximum Gasteiger partial charge on any atom is 0.416 e. The first-order chi connectivity index (χ1) is 15.9. The molecule has 1 aliphatic carbocycles. The number of hydrogen-bond donors (Lipinski definition) is 1. The first-order valence-electron chi connectivity index (χ1n) is 12.1. The van der Waals surface area contributed by atoms with E-state index in [1.807, 2.05) is 0 Å². The molecule has 1 aromatic carbocycles. The predicted octanol–water partition coefficient (Wildman–Crippen LogP) is 6.35. The third kappa shape index (κ3) is 3.86. The molecular formula is C27H32F3NO3. The number of fused-ring (bicyclic) bond motifs is 4. The number of halogens is 3. The molecular weight excluding hydrogens is 443 g/mol. The van der Waals surface area contributed by atoms with E-state index in [2.05, 4.69) is 27.7 Å². The molecule has 3 aliphatic rings. The van der Waals surface area contributed by atoms with Crippen molar-refractivity contribution in [2.75, 3.05) is 13.2 Å². The molecule has 1 aromatic heterocycles. The number of pyridine rings is 1. The van der Waals surface area contributed by atoms with Gasteiger partial charge in [0.15, 0.2) is 0 Å². The van der Waals surface area contributed by atoms with Crippen molar-refractivity contribution in [3.63, 3.8) is 0 Å². The summed E-state index contributed by atoms with van der Waals surface area (Å²) in [4.78, 5) is 5.09. The molecule has 5 rings (SSSR count). The van der Waals surface area contributed by atoms with Crippen LogP contribution in [-0.2, 0) is 27.7 Å². The molecule has 7 heteroatoms. The molecule has 2 aromatic rings. The van der Waals surface area contributed by atoms with Gasteiger partial charge < -0.3 is 14.6 Å². The van der Waals surface area contributed by atoms with Gasteiger partial charge in [-0.05, 0) is 47.4 Å². The number of benzene rings is 1. The molecule has 1 spiro atoms. The first-order valence-corrected chi connectivity index (χ1v) is 12.1. The van der Waals surface area contributed by atoms with Crippen molar-refractivity contribution in [3.05, 3.63) is 63.5 Å². The summed E-state index contributed by atoms with van der Waals surface area (Å²) in [5.41, 5.74) is 3.92. The quantitative estimate of drug-likeness (QED) is 0.550. The second kappa shape index (κ2) is 8.04. The lowest BCUT2D eigenvalue weighted by Crippen LogP contribution is -2.37. The van der Waals surface area contributed by atoms with Gasteiger partial charge >= 0.3 is 6.18 Å². The monoisotopic (exact) mass is 475 g/mol. The van der Waals surface area contributed by atoms with Gasteiger partial charge in [-0.25, -0.2) is 0 Å². The highest BCUT2D eigenvalue weighted by molar-refractivity contribution is 5.54. The Bertz CT molecular complexity index is 1090. The van der Waals surface area contributed by atoms with Crippen molar-refractivity contribution in [1.82, 2.24) is 4.98 Å². The molecule has 1 N–H and O–H groups in total. The number of hydrogen-bond acceptors (Lipinski definition) is 4. The third-order valence-electron chi connectivity index (χ3n) is 7.56. The van der Waals surface area contributed by atoms with Crippen molar-refractivity contribution in [3.8, 4) is 0 Å². The molecule has 2 aliphatic heterocycles. The maximum atomic E-state index is 13.2. The van der Waals surface area contributed by atoms with Gasteiger partial charge in [-0.2, -0.15) is 13.2 Å². The molecule has 184 valence electrons. The molecule has 34 heavy (non-hydrogen) atoms. The second-order valence-electron chi connectivity index (χ2n) is 11.1. The molecule has 2 atom stereocenters. The minimum atomic E-state index is -4.39. The van der Waals surface area contributed by atoms with Crippen LogP contribution < -0.4 is 0 Å². The molecule has 3 heterocycles. The van der Waals surface area contributed by atoms with E-state index < -0.39 is 29.5 Å². The number of aromatic nitrogens is 1. The van der Waals surface area contributed by atoms with E-state index in [0.717, 1.165) is 46.6 Å². The Morgan fingerprint density at radius 1 is 1.06 bits per heavy atom. The SMILES string of the molecule is CC(C)c1nc2c(c3c1[C@H](c1ccc(C(F)(F)F)cc1)OC31CCOCC1)C(O)CC(C)(C)C2. The summed E-state index contributed by atoms with van der Waals surface area (Å²) in [6.45, 7) is 9.53. The van der Waals surface area contributed by atoms with Crippen LogP contribution in [0.3, 0.4) is 0 Å². The van der Waals surface area contributed by atoms with Gasteiger partial charge in [0.05, 0.1) is 17.3 Å². The number of nitrogens with zero attached hydrogens (tertiary/aromatic N) is 1. The maximum absolute atomic E-state index is 13.2. The van der Waals surface area contributed by atoms with Gasteiger partial charge in [0, 0.05) is 48.6 Å². The van der Waals surface area contributed by atoms with Crippen LogP contribution in [0, 0.1) is 5.41 Å². The number of alkyl halides is 3. The van der Waals surface area contributed by atoms with Crippen LogP contribution >= 0.6 is 0 Å². The fourth-order valence-corrected chi connectivity index (χ4v) is 6.02. The van der Waals surface area contributed by atoms with E-state index in [4.69, 9.17) is 14.5 Å². The molecule has 1 unspecified atom stereocenters. The number of aliphatic hydroxyl groups excluding tert-OH is 1. The van der Waals surface area contributed by atoms with E-state index in [1.165, 1.54) is 12.1 Å². The minimum Gasteiger partial charge on any atom is -0.388 e. The van der Waals surface area contributed by atoms with Crippen LogP contribution in [0.2, 0.25) is 0 Å². The molecule has 4 nitrogen and oxygen atoms in total. The molecule has 1 saturated heterocycles. The summed E-state index contributed by atoms with van der Waals surface area (Å²) in [6, 6.07) is 5.26. The normalized spacial score (nSPS) is 25.4. The molecule has 0 radical (unpaired) electrons. The fourth-order valence-electron chi connectivity index (χ4n) is 6.02. The average Bonchev–Trinajstić information content (AvgIpc) is 3.06. The molecule has 1 fully saturated rings. The first kappa shape index (κ1) is 23.8. The zero-order valence-electron chi connectivity index (χ0n) is 20.1. The van der Waals surface area contributed by atoms with Crippen LogP contribution in [0.4, 0.5) is 13.2 Å². The Balaban J connectivity index is 1.74. The second-order valence-corrected chi connectivity index (χ2v) is 11.1. The zero-order valence-corrected chi connectivity index (χ0v) is 20.1. The summed E-state index contributed by atoms with van der Waals surface area (Å²) < 4.78 is 52.1. The average molecular weight is 476 g/mol. The largest absolute Gasteiger partial charge is 0.416 e. The van der Waals surface area contributed by atoms with Gasteiger partial charge in [-0.15, -0.1) is 0 Å². The van der Waals surface area contributed by atoms with Gasteiger partial charge in [0.1, 0.15) is 6.10 Å².